The number of amides is 1. The average molecular weight is 289 g/mol. The van der Waals surface area contributed by atoms with Gasteiger partial charge in [0.2, 0.25) is 5.91 Å². The quantitative estimate of drug-likeness (QED) is 0.629. The molecule has 8 nitrogen and oxygen atoms in total. The number of hydrogen-bond donors (Lipinski definition) is 2. The topological polar surface area (TPSA) is 112 Å². The third kappa shape index (κ3) is 3.56. The molecule has 0 radical (unpaired) electrons. The fourth-order valence-corrected chi connectivity index (χ4v) is 1.67. The number of nitrogens with two attached hydrogens (primary N) is 1. The SMILES string of the molecule is COC(=O)c1ncn(CC(=O)Nc2cc(N)ccc2C)n1. The summed E-state index contributed by atoms with van der Waals surface area (Å²) in [6.45, 7) is 1.79. The van der Waals surface area contributed by atoms with E-state index in [-0.39, 0.29) is 18.3 Å². The number of methoxy groups -OCH3 is 1. The fourth-order valence-electron chi connectivity index (χ4n) is 1.67. The second kappa shape index (κ2) is 6.04. The van der Waals surface area contributed by atoms with Gasteiger partial charge in [0.05, 0.1) is 7.11 Å². The summed E-state index contributed by atoms with van der Waals surface area (Å²) < 4.78 is 5.74. The fraction of sp³-hybridized carbons (Fsp3) is 0.231. The van der Waals surface area contributed by atoms with Gasteiger partial charge < -0.3 is 15.8 Å². The highest BCUT2D eigenvalue weighted by Crippen LogP contribution is 2.17. The van der Waals surface area contributed by atoms with Crippen molar-refractivity contribution in [3.8, 4) is 0 Å². The summed E-state index contributed by atoms with van der Waals surface area (Å²) >= 11 is 0. The zero-order valence-electron chi connectivity index (χ0n) is 11.7. The van der Waals surface area contributed by atoms with Crippen LogP contribution in [0.3, 0.4) is 0 Å². The highest BCUT2D eigenvalue weighted by molar-refractivity contribution is 5.92. The van der Waals surface area contributed by atoms with Crippen molar-refractivity contribution in [1.82, 2.24) is 14.8 Å². The van der Waals surface area contributed by atoms with Gasteiger partial charge in [0.15, 0.2) is 0 Å². The molecule has 1 amide bonds. The molecule has 0 aliphatic rings. The van der Waals surface area contributed by atoms with Gasteiger partial charge in [0.25, 0.3) is 5.82 Å². The number of carbonyl (C=O) groups excluding carboxylic acids is 2. The molecule has 1 aromatic carbocycles. The van der Waals surface area contributed by atoms with Gasteiger partial charge in [-0.2, -0.15) is 0 Å². The lowest BCUT2D eigenvalue weighted by Crippen LogP contribution is -2.20. The molecule has 3 N–H and O–H groups in total. The highest BCUT2D eigenvalue weighted by atomic mass is 16.5. The lowest BCUT2D eigenvalue weighted by molar-refractivity contribution is -0.116. The number of aromatic nitrogens is 3. The maximum absolute atomic E-state index is 11.9. The van der Waals surface area contributed by atoms with Crippen LogP contribution >= 0.6 is 0 Å². The Balaban J connectivity index is 2.03. The number of aryl methyl sites for hydroxylation is 1. The van der Waals surface area contributed by atoms with Gasteiger partial charge >= 0.3 is 5.97 Å². The molecule has 0 aliphatic heterocycles. The molecule has 0 saturated carbocycles. The molecule has 0 atom stereocenters. The smallest absolute Gasteiger partial charge is 0.377 e. The summed E-state index contributed by atoms with van der Waals surface area (Å²) in [5.74, 6) is -1.05. The molecule has 0 aliphatic carbocycles. The Hall–Kier alpha value is -2.90. The van der Waals surface area contributed by atoms with Crippen molar-refractivity contribution in [2.24, 2.45) is 0 Å². The molecule has 0 unspecified atom stereocenters. The van der Waals surface area contributed by atoms with Gasteiger partial charge in [-0.05, 0) is 24.6 Å². The zero-order chi connectivity index (χ0) is 15.4. The van der Waals surface area contributed by atoms with Crippen LogP contribution in [0.2, 0.25) is 0 Å². The number of anilines is 2. The van der Waals surface area contributed by atoms with Crippen molar-refractivity contribution in [1.29, 1.82) is 0 Å². The summed E-state index contributed by atoms with van der Waals surface area (Å²) in [5, 5.41) is 6.58. The molecule has 110 valence electrons. The third-order valence-electron chi connectivity index (χ3n) is 2.75. The van der Waals surface area contributed by atoms with Crippen molar-refractivity contribution in [2.45, 2.75) is 13.5 Å². The Morgan fingerprint density at radius 3 is 2.90 bits per heavy atom. The first-order valence-electron chi connectivity index (χ1n) is 6.13. The number of ether oxygens (including phenoxy) is 1. The van der Waals surface area contributed by atoms with Crippen LogP contribution in [-0.2, 0) is 16.1 Å². The number of carbonyl (C=O) groups is 2. The van der Waals surface area contributed by atoms with Gasteiger partial charge in [-0.1, -0.05) is 6.07 Å². The Kier molecular flexibility index (Phi) is 4.17. The van der Waals surface area contributed by atoms with Crippen LogP contribution in [0.5, 0.6) is 0 Å². The van der Waals surface area contributed by atoms with E-state index in [4.69, 9.17) is 5.73 Å². The summed E-state index contributed by atoms with van der Waals surface area (Å²) in [6.07, 6.45) is 1.29. The number of rotatable bonds is 4. The standard InChI is InChI=1S/C13H15N5O3/c1-8-3-4-9(14)5-10(8)16-11(19)6-18-7-15-12(17-18)13(20)21-2/h3-5,7H,6,14H2,1-2H3,(H,16,19). The first-order valence-corrected chi connectivity index (χ1v) is 6.13. The number of benzene rings is 1. The van der Waals surface area contributed by atoms with Crippen LogP contribution in [0, 0.1) is 6.92 Å². The molecule has 0 saturated heterocycles. The third-order valence-corrected chi connectivity index (χ3v) is 2.75. The second-order valence-electron chi connectivity index (χ2n) is 4.38. The summed E-state index contributed by atoms with van der Waals surface area (Å²) in [5.41, 5.74) is 7.76. The van der Waals surface area contributed by atoms with Gasteiger partial charge in [0, 0.05) is 11.4 Å². The van der Waals surface area contributed by atoms with Crippen LogP contribution < -0.4 is 11.1 Å². The minimum atomic E-state index is -0.652. The van der Waals surface area contributed by atoms with Gasteiger partial charge in [-0.15, -0.1) is 5.10 Å². The van der Waals surface area contributed by atoms with E-state index in [1.165, 1.54) is 18.1 Å². The Morgan fingerprint density at radius 1 is 1.43 bits per heavy atom. The molecule has 2 rings (SSSR count). The van der Waals surface area contributed by atoms with E-state index < -0.39 is 5.97 Å². The van der Waals surface area contributed by atoms with E-state index in [2.05, 4.69) is 20.1 Å². The first-order chi connectivity index (χ1) is 9.99. The Bertz CT molecular complexity index is 680. The molecule has 0 spiro atoms. The molecule has 1 heterocycles. The average Bonchev–Trinajstić information content (AvgIpc) is 2.90. The van der Waals surface area contributed by atoms with Crippen molar-refractivity contribution < 1.29 is 14.3 Å². The summed E-state index contributed by atoms with van der Waals surface area (Å²) in [6, 6.07) is 5.25. The minimum absolute atomic E-state index is 0.0712. The zero-order valence-corrected chi connectivity index (χ0v) is 11.7. The molecular formula is C13H15N5O3. The van der Waals surface area contributed by atoms with E-state index >= 15 is 0 Å². The van der Waals surface area contributed by atoms with Crippen LogP contribution in [0.15, 0.2) is 24.5 Å². The molecule has 2 aromatic rings. The molecule has 21 heavy (non-hydrogen) atoms. The Labute approximate surface area is 120 Å². The highest BCUT2D eigenvalue weighted by Gasteiger charge is 2.13. The van der Waals surface area contributed by atoms with E-state index in [0.29, 0.717) is 11.4 Å². The summed E-state index contributed by atoms with van der Waals surface area (Å²) in [7, 11) is 1.23. The number of hydrogen-bond acceptors (Lipinski definition) is 6. The second-order valence-corrected chi connectivity index (χ2v) is 4.38. The van der Waals surface area contributed by atoms with Crippen molar-refractivity contribution in [2.75, 3.05) is 18.2 Å². The van der Waals surface area contributed by atoms with E-state index in [0.717, 1.165) is 5.56 Å². The Morgan fingerprint density at radius 2 is 2.19 bits per heavy atom. The number of nitrogens with zero attached hydrogens (tertiary/aromatic N) is 3. The van der Waals surface area contributed by atoms with E-state index in [1.54, 1.807) is 12.1 Å². The van der Waals surface area contributed by atoms with Crippen molar-refractivity contribution in [3.05, 3.63) is 35.9 Å². The predicted octanol–water partition coefficient (Wildman–Crippen LogP) is 0.594. The monoisotopic (exact) mass is 289 g/mol. The number of esters is 1. The van der Waals surface area contributed by atoms with Crippen LogP contribution in [0.4, 0.5) is 11.4 Å². The maximum atomic E-state index is 11.9. The molecular weight excluding hydrogens is 274 g/mol. The molecule has 1 aromatic heterocycles. The molecule has 8 heteroatoms. The predicted molar refractivity (Wildman–Crippen MR) is 75.6 cm³/mol. The van der Waals surface area contributed by atoms with Crippen molar-refractivity contribution in [3.63, 3.8) is 0 Å². The van der Waals surface area contributed by atoms with Crippen LogP contribution in [0.1, 0.15) is 16.2 Å². The van der Waals surface area contributed by atoms with Gasteiger partial charge in [0.1, 0.15) is 12.9 Å². The molecule has 0 bridgehead atoms. The van der Waals surface area contributed by atoms with E-state index in [1.807, 2.05) is 13.0 Å². The van der Waals surface area contributed by atoms with Gasteiger partial charge in [-0.3, -0.25) is 4.79 Å². The largest absolute Gasteiger partial charge is 0.463 e. The van der Waals surface area contributed by atoms with Crippen molar-refractivity contribution >= 4 is 23.3 Å². The number of nitrogens with one attached hydrogen (secondary N) is 1. The summed E-state index contributed by atoms with van der Waals surface area (Å²) in [4.78, 5) is 26.9. The van der Waals surface area contributed by atoms with Gasteiger partial charge in [-0.25, -0.2) is 14.5 Å². The maximum Gasteiger partial charge on any atom is 0.377 e. The van der Waals surface area contributed by atoms with Crippen LogP contribution in [0.25, 0.3) is 0 Å². The normalized spacial score (nSPS) is 10.2. The van der Waals surface area contributed by atoms with E-state index in [9.17, 15) is 9.59 Å². The lowest BCUT2D eigenvalue weighted by atomic mass is 10.2. The first kappa shape index (κ1) is 14.5. The lowest BCUT2D eigenvalue weighted by Gasteiger charge is -2.09. The number of nitrogen functional groups attached to an aromatic ring is 1. The van der Waals surface area contributed by atoms with Crippen LogP contribution in [-0.4, -0.2) is 33.8 Å². The minimum Gasteiger partial charge on any atom is -0.463 e. The molecule has 0 fully saturated rings.